The molecule has 5 aromatic rings. The fraction of sp³-hybridized carbons (Fsp3) is 0.258. The number of nitrogens with zero attached hydrogens (tertiary/aromatic N) is 5. The van der Waals surface area contributed by atoms with Crippen LogP contribution in [-0.4, -0.2) is 49.6 Å². The fourth-order valence-electron chi connectivity index (χ4n) is 5.50. The lowest BCUT2D eigenvalue weighted by atomic mass is 9.91. The number of piperidine rings is 1. The molecule has 8 rings (SSSR count). The Morgan fingerprint density at radius 1 is 0.868 bits per heavy atom. The summed E-state index contributed by atoms with van der Waals surface area (Å²) in [7, 11) is 0. The van der Waals surface area contributed by atoms with Crippen LogP contribution in [0.4, 0.5) is 5.82 Å². The van der Waals surface area contributed by atoms with Crippen molar-refractivity contribution in [2.24, 2.45) is 0 Å². The normalized spacial score (nSPS) is 18.5. The third kappa shape index (κ3) is 4.55. The molecule has 3 aliphatic rings. The molecule has 7 nitrogen and oxygen atoms in total. The minimum absolute atomic E-state index is 0.450. The predicted octanol–water partition coefficient (Wildman–Crippen LogP) is 5.30. The maximum absolute atomic E-state index is 6.29. The van der Waals surface area contributed by atoms with Crippen LogP contribution >= 0.6 is 0 Å². The molecular weight excluding hydrogens is 470 g/mol. The van der Waals surface area contributed by atoms with Crippen molar-refractivity contribution in [3.63, 3.8) is 0 Å². The Bertz CT molecular complexity index is 1530. The Hall–Kier alpha value is -4.07. The van der Waals surface area contributed by atoms with Gasteiger partial charge in [0.15, 0.2) is 11.5 Å². The van der Waals surface area contributed by atoms with Crippen LogP contribution in [0.1, 0.15) is 25.8 Å². The van der Waals surface area contributed by atoms with Gasteiger partial charge in [0.2, 0.25) is 0 Å². The minimum Gasteiger partial charge on any atom is -0.383 e. The van der Waals surface area contributed by atoms with Crippen molar-refractivity contribution in [2.75, 3.05) is 18.8 Å². The van der Waals surface area contributed by atoms with E-state index < -0.39 is 0 Å². The summed E-state index contributed by atoms with van der Waals surface area (Å²) in [5, 5.41) is 3.61. The summed E-state index contributed by atoms with van der Waals surface area (Å²) in [6.07, 6.45) is 3.02. The number of hydrogen-bond acceptors (Lipinski definition) is 6. The lowest BCUT2D eigenvalue weighted by Gasteiger charge is -2.48. The fourth-order valence-corrected chi connectivity index (χ4v) is 5.50. The van der Waals surface area contributed by atoms with E-state index in [9.17, 15) is 0 Å². The lowest BCUT2D eigenvalue weighted by molar-refractivity contribution is 0.0726. The molecule has 0 amide bonds. The zero-order chi connectivity index (χ0) is 26.1. The molecule has 0 spiro atoms. The summed E-state index contributed by atoms with van der Waals surface area (Å²) in [5.41, 5.74) is 13.0. The van der Waals surface area contributed by atoms with E-state index in [1.165, 1.54) is 12.0 Å². The van der Waals surface area contributed by atoms with E-state index in [4.69, 9.17) is 15.7 Å². The highest BCUT2D eigenvalue weighted by Crippen LogP contribution is 2.32. The average molecular weight is 504 g/mol. The van der Waals surface area contributed by atoms with Crippen LogP contribution in [0.5, 0.6) is 0 Å². The minimum atomic E-state index is 0.450. The number of piperazine rings is 1. The smallest absolute Gasteiger partial charge is 0.165 e. The van der Waals surface area contributed by atoms with E-state index in [0.717, 1.165) is 59.1 Å². The highest BCUT2D eigenvalue weighted by molar-refractivity contribution is 5.84. The van der Waals surface area contributed by atoms with E-state index in [0.29, 0.717) is 17.9 Å². The maximum Gasteiger partial charge on any atom is 0.165 e. The average Bonchev–Trinajstić information content (AvgIpc) is 3.33. The van der Waals surface area contributed by atoms with Gasteiger partial charge in [-0.2, -0.15) is 0 Å². The summed E-state index contributed by atoms with van der Waals surface area (Å²) in [4.78, 5) is 16.9. The summed E-state index contributed by atoms with van der Waals surface area (Å²) in [6.45, 7) is 7.22. The quantitative estimate of drug-likeness (QED) is 0.338. The molecule has 0 saturated carbocycles. The van der Waals surface area contributed by atoms with Crippen molar-refractivity contribution in [3.05, 3.63) is 90.6 Å². The Kier molecular flexibility index (Phi) is 6.62. The zero-order valence-corrected chi connectivity index (χ0v) is 21.9. The molecule has 7 heteroatoms. The molecule has 0 radical (unpaired) electrons. The first-order valence-electron chi connectivity index (χ1n) is 13.4. The highest BCUT2D eigenvalue weighted by atomic mass is 15.3. The molecule has 192 valence electrons. The predicted molar refractivity (Wildman–Crippen MR) is 154 cm³/mol. The van der Waals surface area contributed by atoms with E-state index in [1.807, 2.05) is 56.3 Å². The van der Waals surface area contributed by atoms with Gasteiger partial charge in [0, 0.05) is 49.2 Å². The molecule has 38 heavy (non-hydrogen) atoms. The summed E-state index contributed by atoms with van der Waals surface area (Å²) in [6, 6.07) is 28.2. The molecule has 3 fully saturated rings. The van der Waals surface area contributed by atoms with Crippen LogP contribution in [0.2, 0.25) is 0 Å². The van der Waals surface area contributed by atoms with Crippen molar-refractivity contribution in [2.45, 2.75) is 38.9 Å². The third-order valence-corrected chi connectivity index (χ3v) is 7.25. The number of rotatable bonds is 5. The molecule has 3 aliphatic heterocycles. The van der Waals surface area contributed by atoms with Gasteiger partial charge in [-0.1, -0.05) is 56.3 Å². The number of nitrogens with two attached hydrogens (primary N) is 1. The van der Waals surface area contributed by atoms with Crippen LogP contribution in [0.25, 0.3) is 39.5 Å². The number of fused-ring (bicyclic) bond motifs is 3. The number of nitrogen functional groups attached to an aromatic ring is 1. The SMILES string of the molecule is CC.Nc1ncccc1-c1nc2ccc(-c3ccccc3)nc2n1-c1ccc(CN2CC3CC(C2)N3)cc1. The van der Waals surface area contributed by atoms with E-state index in [-0.39, 0.29) is 0 Å². The molecule has 0 aliphatic carbocycles. The topological polar surface area (TPSA) is 84.9 Å². The zero-order valence-electron chi connectivity index (χ0n) is 21.9. The molecule has 3 aromatic heterocycles. The number of imidazole rings is 1. The van der Waals surface area contributed by atoms with Crippen LogP contribution < -0.4 is 11.1 Å². The maximum atomic E-state index is 6.29. The van der Waals surface area contributed by atoms with Gasteiger partial charge in [-0.25, -0.2) is 15.0 Å². The van der Waals surface area contributed by atoms with Gasteiger partial charge in [0.25, 0.3) is 0 Å². The second-order valence-corrected chi connectivity index (χ2v) is 9.77. The van der Waals surface area contributed by atoms with Gasteiger partial charge in [-0.3, -0.25) is 9.47 Å². The third-order valence-electron chi connectivity index (χ3n) is 7.25. The van der Waals surface area contributed by atoms with E-state index in [1.54, 1.807) is 6.20 Å². The summed E-state index contributed by atoms with van der Waals surface area (Å²) in [5.74, 6) is 1.19. The second kappa shape index (κ2) is 10.4. The largest absolute Gasteiger partial charge is 0.383 e. The molecule has 2 bridgehead atoms. The van der Waals surface area contributed by atoms with Gasteiger partial charge >= 0.3 is 0 Å². The first-order valence-corrected chi connectivity index (χ1v) is 13.4. The Labute approximate surface area is 223 Å². The Balaban J connectivity index is 0.00000129. The molecule has 2 aromatic carbocycles. The molecule has 3 N–H and O–H groups in total. The van der Waals surface area contributed by atoms with E-state index >= 15 is 0 Å². The molecule has 3 saturated heterocycles. The first kappa shape index (κ1) is 24.3. The number of hydrogen-bond donors (Lipinski definition) is 2. The second-order valence-electron chi connectivity index (χ2n) is 9.77. The summed E-state index contributed by atoms with van der Waals surface area (Å²) < 4.78 is 2.10. The number of aromatic nitrogens is 4. The highest BCUT2D eigenvalue weighted by Gasteiger charge is 2.36. The van der Waals surface area contributed by atoms with Crippen molar-refractivity contribution in [1.82, 2.24) is 29.7 Å². The number of pyridine rings is 2. The molecule has 2 unspecified atom stereocenters. The van der Waals surface area contributed by atoms with E-state index in [2.05, 4.69) is 56.2 Å². The number of benzene rings is 2. The molecular formula is C31H33N7. The monoisotopic (exact) mass is 503 g/mol. The lowest BCUT2D eigenvalue weighted by Crippen LogP contribution is -2.66. The van der Waals surface area contributed by atoms with Crippen LogP contribution in [0.15, 0.2) is 85.1 Å². The number of nitrogens with one attached hydrogen (secondary N) is 1. The van der Waals surface area contributed by atoms with Gasteiger partial charge in [-0.05, 0) is 48.4 Å². The van der Waals surface area contributed by atoms with Crippen molar-refractivity contribution in [3.8, 4) is 28.3 Å². The summed E-state index contributed by atoms with van der Waals surface area (Å²) >= 11 is 0. The van der Waals surface area contributed by atoms with Crippen LogP contribution in [0, 0.1) is 0 Å². The number of anilines is 1. The first-order chi connectivity index (χ1) is 18.7. The van der Waals surface area contributed by atoms with Crippen molar-refractivity contribution < 1.29 is 0 Å². The standard InChI is InChI=1S/C29H27N7.C2H6/c30-27-24(7-4-14-31-27)28-34-26-13-12-25(20-5-2-1-3-6-20)33-29(26)36(28)23-10-8-19(9-11-23)16-35-17-21-15-22(18-35)32-21;1-2/h1-14,21-22,32H,15-18H2,(H2,30,31);1-2H3. The van der Waals surface area contributed by atoms with Crippen molar-refractivity contribution >= 4 is 17.0 Å². The van der Waals surface area contributed by atoms with Gasteiger partial charge in [0.05, 0.1) is 11.3 Å². The van der Waals surface area contributed by atoms with Gasteiger partial charge in [0.1, 0.15) is 11.3 Å². The van der Waals surface area contributed by atoms with Gasteiger partial charge < -0.3 is 11.1 Å². The van der Waals surface area contributed by atoms with Crippen molar-refractivity contribution in [1.29, 1.82) is 0 Å². The van der Waals surface area contributed by atoms with Crippen LogP contribution in [0.3, 0.4) is 0 Å². The Morgan fingerprint density at radius 3 is 2.32 bits per heavy atom. The Morgan fingerprint density at radius 2 is 1.61 bits per heavy atom. The molecule has 2 atom stereocenters. The van der Waals surface area contributed by atoms with Crippen LogP contribution in [-0.2, 0) is 6.54 Å². The molecule has 6 heterocycles. The van der Waals surface area contributed by atoms with Gasteiger partial charge in [-0.15, -0.1) is 0 Å².